The standard InChI is InChI=1S/C26H27ClN2O5S/c1-18(2)21-10-6-7-11-23(21)33-15-14-28-26(30)25-17-29(22-16-19(27)12-13-24(22)34-25)35(31,32)20-8-4-3-5-9-20/h3-13,16,18,25H,14-15,17H2,1-2H3,(H,28,30)/t25-/m1/s1. The normalized spacial score (nSPS) is 15.3. The number of nitrogens with zero attached hydrogens (tertiary/aromatic N) is 1. The molecule has 1 atom stereocenters. The lowest BCUT2D eigenvalue weighted by atomic mass is 10.0. The lowest BCUT2D eigenvalue weighted by Gasteiger charge is -2.34. The highest BCUT2D eigenvalue weighted by atomic mass is 35.5. The molecule has 0 aromatic heterocycles. The number of para-hydroxylation sites is 1. The maximum atomic E-state index is 13.4. The number of carbonyl (C=O) groups excluding carboxylic acids is 1. The fourth-order valence-corrected chi connectivity index (χ4v) is 5.50. The third kappa shape index (κ3) is 5.55. The zero-order chi connectivity index (χ0) is 25.0. The summed E-state index contributed by atoms with van der Waals surface area (Å²) in [6, 6.07) is 20.5. The van der Waals surface area contributed by atoms with Crippen molar-refractivity contribution in [2.75, 3.05) is 24.0 Å². The van der Waals surface area contributed by atoms with Crippen LogP contribution in [0.25, 0.3) is 0 Å². The Morgan fingerprint density at radius 1 is 1.11 bits per heavy atom. The largest absolute Gasteiger partial charge is 0.491 e. The number of benzene rings is 3. The van der Waals surface area contributed by atoms with E-state index in [-0.39, 0.29) is 30.3 Å². The lowest BCUT2D eigenvalue weighted by molar-refractivity contribution is -0.127. The number of halogens is 1. The molecule has 3 aromatic rings. The number of amides is 1. The molecule has 0 fully saturated rings. The lowest BCUT2D eigenvalue weighted by Crippen LogP contribution is -2.51. The molecule has 0 spiro atoms. The van der Waals surface area contributed by atoms with Gasteiger partial charge in [0.1, 0.15) is 18.1 Å². The van der Waals surface area contributed by atoms with Crippen LogP contribution >= 0.6 is 11.6 Å². The molecular weight excluding hydrogens is 488 g/mol. The van der Waals surface area contributed by atoms with Gasteiger partial charge in [-0.25, -0.2) is 8.42 Å². The van der Waals surface area contributed by atoms with Crippen molar-refractivity contribution >= 4 is 33.2 Å². The van der Waals surface area contributed by atoms with Crippen molar-refractivity contribution in [3.8, 4) is 11.5 Å². The summed E-state index contributed by atoms with van der Waals surface area (Å²) in [5.41, 5.74) is 1.38. The minimum absolute atomic E-state index is 0.115. The van der Waals surface area contributed by atoms with Gasteiger partial charge in [0.25, 0.3) is 15.9 Å². The van der Waals surface area contributed by atoms with Crippen LogP contribution in [-0.2, 0) is 14.8 Å². The molecule has 35 heavy (non-hydrogen) atoms. The van der Waals surface area contributed by atoms with Crippen molar-refractivity contribution in [3.05, 3.63) is 83.4 Å². The minimum Gasteiger partial charge on any atom is -0.491 e. The van der Waals surface area contributed by atoms with E-state index in [1.165, 1.54) is 22.5 Å². The molecule has 9 heteroatoms. The number of fused-ring (bicyclic) bond motifs is 1. The number of hydrogen-bond donors (Lipinski definition) is 1. The van der Waals surface area contributed by atoms with Gasteiger partial charge < -0.3 is 14.8 Å². The number of ether oxygens (including phenoxy) is 2. The highest BCUT2D eigenvalue weighted by molar-refractivity contribution is 7.92. The van der Waals surface area contributed by atoms with Crippen molar-refractivity contribution in [2.24, 2.45) is 0 Å². The van der Waals surface area contributed by atoms with Crippen molar-refractivity contribution in [2.45, 2.75) is 30.8 Å². The second-order valence-electron chi connectivity index (χ2n) is 8.40. The number of sulfonamides is 1. The molecule has 1 N–H and O–H groups in total. The monoisotopic (exact) mass is 514 g/mol. The van der Waals surface area contributed by atoms with Gasteiger partial charge in [0.15, 0.2) is 6.10 Å². The number of hydrogen-bond acceptors (Lipinski definition) is 5. The van der Waals surface area contributed by atoms with Gasteiger partial charge in [0.05, 0.1) is 23.7 Å². The van der Waals surface area contributed by atoms with Gasteiger partial charge in [-0.15, -0.1) is 0 Å². The van der Waals surface area contributed by atoms with Crippen LogP contribution in [0.5, 0.6) is 11.5 Å². The van der Waals surface area contributed by atoms with Gasteiger partial charge in [-0.3, -0.25) is 9.10 Å². The molecule has 0 saturated heterocycles. The fourth-order valence-electron chi connectivity index (χ4n) is 3.85. The molecule has 0 bridgehead atoms. The molecule has 184 valence electrons. The summed E-state index contributed by atoms with van der Waals surface area (Å²) in [6.07, 6.45) is -1.04. The minimum atomic E-state index is -3.94. The molecule has 3 aromatic carbocycles. The predicted molar refractivity (Wildman–Crippen MR) is 136 cm³/mol. The Kier molecular flexibility index (Phi) is 7.52. The van der Waals surface area contributed by atoms with Crippen LogP contribution < -0.4 is 19.1 Å². The van der Waals surface area contributed by atoms with Crippen LogP contribution in [0.2, 0.25) is 5.02 Å². The van der Waals surface area contributed by atoms with Gasteiger partial charge in [-0.1, -0.05) is 61.8 Å². The summed E-state index contributed by atoms with van der Waals surface area (Å²) < 4.78 is 39.7. The zero-order valence-electron chi connectivity index (χ0n) is 19.5. The summed E-state index contributed by atoms with van der Waals surface area (Å²) in [5.74, 6) is 0.918. The van der Waals surface area contributed by atoms with Gasteiger partial charge in [-0.2, -0.15) is 0 Å². The van der Waals surface area contributed by atoms with Crippen molar-refractivity contribution in [1.29, 1.82) is 0 Å². The van der Waals surface area contributed by atoms with Crippen molar-refractivity contribution in [3.63, 3.8) is 0 Å². The quantitative estimate of drug-likeness (QED) is 0.443. The molecule has 1 amide bonds. The molecular formula is C26H27ClN2O5S. The highest BCUT2D eigenvalue weighted by Gasteiger charge is 2.37. The van der Waals surface area contributed by atoms with E-state index in [9.17, 15) is 13.2 Å². The average molecular weight is 515 g/mol. The summed E-state index contributed by atoms with van der Waals surface area (Å²) in [6.45, 7) is 4.49. The number of nitrogens with one attached hydrogen (secondary N) is 1. The Labute approximate surface area is 210 Å². The number of rotatable bonds is 8. The second-order valence-corrected chi connectivity index (χ2v) is 10.7. The predicted octanol–water partition coefficient (Wildman–Crippen LogP) is 4.61. The molecule has 0 radical (unpaired) electrons. The first-order valence-electron chi connectivity index (χ1n) is 11.3. The molecule has 0 unspecified atom stereocenters. The van der Waals surface area contributed by atoms with E-state index in [2.05, 4.69) is 19.2 Å². The molecule has 7 nitrogen and oxygen atoms in total. The Hall–Kier alpha value is -3.23. The first-order chi connectivity index (χ1) is 16.8. The molecule has 1 aliphatic heterocycles. The SMILES string of the molecule is CC(C)c1ccccc1OCCNC(=O)[C@H]1CN(S(=O)(=O)c2ccccc2)c2cc(Cl)ccc2O1. The van der Waals surface area contributed by atoms with Crippen LogP contribution in [-0.4, -0.2) is 40.1 Å². The maximum absolute atomic E-state index is 13.4. The van der Waals surface area contributed by atoms with E-state index in [0.29, 0.717) is 16.6 Å². The van der Waals surface area contributed by atoms with Gasteiger partial charge >= 0.3 is 0 Å². The molecule has 0 aliphatic carbocycles. The molecule has 0 saturated carbocycles. The number of anilines is 1. The number of carbonyl (C=O) groups is 1. The van der Waals surface area contributed by atoms with E-state index in [0.717, 1.165) is 11.3 Å². The van der Waals surface area contributed by atoms with E-state index in [1.54, 1.807) is 30.3 Å². The Bertz CT molecular complexity index is 1300. The smallest absolute Gasteiger partial charge is 0.264 e. The Morgan fingerprint density at radius 3 is 2.57 bits per heavy atom. The first-order valence-corrected chi connectivity index (χ1v) is 13.1. The summed E-state index contributed by atoms with van der Waals surface area (Å²) >= 11 is 6.13. The highest BCUT2D eigenvalue weighted by Crippen LogP contribution is 2.38. The van der Waals surface area contributed by atoms with Crippen LogP contribution in [0, 0.1) is 0 Å². The zero-order valence-corrected chi connectivity index (χ0v) is 21.1. The summed E-state index contributed by atoms with van der Waals surface area (Å²) in [7, 11) is -3.94. The molecule has 1 heterocycles. The summed E-state index contributed by atoms with van der Waals surface area (Å²) in [4.78, 5) is 13.0. The van der Waals surface area contributed by atoms with Gasteiger partial charge in [0.2, 0.25) is 0 Å². The van der Waals surface area contributed by atoms with E-state index >= 15 is 0 Å². The van der Waals surface area contributed by atoms with E-state index < -0.39 is 22.0 Å². The van der Waals surface area contributed by atoms with Crippen LogP contribution in [0.1, 0.15) is 25.3 Å². The van der Waals surface area contributed by atoms with Crippen LogP contribution in [0.4, 0.5) is 5.69 Å². The van der Waals surface area contributed by atoms with E-state index in [1.807, 2.05) is 24.3 Å². The fraction of sp³-hybridized carbons (Fsp3) is 0.269. The van der Waals surface area contributed by atoms with Crippen molar-refractivity contribution in [1.82, 2.24) is 5.32 Å². The molecule has 1 aliphatic rings. The third-order valence-electron chi connectivity index (χ3n) is 5.61. The third-order valence-corrected chi connectivity index (χ3v) is 7.64. The van der Waals surface area contributed by atoms with Gasteiger partial charge in [0, 0.05) is 5.02 Å². The topological polar surface area (TPSA) is 84.9 Å². The van der Waals surface area contributed by atoms with Crippen LogP contribution in [0.3, 0.4) is 0 Å². The van der Waals surface area contributed by atoms with Crippen molar-refractivity contribution < 1.29 is 22.7 Å². The second kappa shape index (κ2) is 10.6. The Morgan fingerprint density at radius 2 is 1.83 bits per heavy atom. The molecule has 4 rings (SSSR count). The Balaban J connectivity index is 1.47. The van der Waals surface area contributed by atoms with Crippen LogP contribution in [0.15, 0.2) is 77.7 Å². The maximum Gasteiger partial charge on any atom is 0.264 e. The van der Waals surface area contributed by atoms with E-state index in [4.69, 9.17) is 21.1 Å². The first kappa shape index (κ1) is 24.9. The van der Waals surface area contributed by atoms with Gasteiger partial charge in [-0.05, 0) is 47.9 Å². The summed E-state index contributed by atoms with van der Waals surface area (Å²) in [5, 5.41) is 3.15. The average Bonchev–Trinajstić information content (AvgIpc) is 2.86.